The van der Waals surface area contributed by atoms with Crippen molar-refractivity contribution in [3.05, 3.63) is 59.7 Å². The Morgan fingerprint density at radius 2 is 1.93 bits per heavy atom. The number of halogens is 2. The van der Waals surface area contributed by atoms with Gasteiger partial charge >= 0.3 is 6.03 Å². The third-order valence-corrected chi connectivity index (χ3v) is 7.30. The number of carbonyl (C=O) groups excluding carboxylic acids is 2. The Labute approximate surface area is 243 Å². The number of fused-ring (bicyclic) bond motifs is 1. The van der Waals surface area contributed by atoms with Crippen LogP contribution in [-0.2, 0) is 4.79 Å². The molecule has 1 aliphatic heterocycles. The van der Waals surface area contributed by atoms with Crippen LogP contribution in [0.15, 0.2) is 48.8 Å². The normalized spacial score (nSPS) is 15.8. The van der Waals surface area contributed by atoms with Gasteiger partial charge in [0, 0.05) is 70.0 Å². The van der Waals surface area contributed by atoms with Gasteiger partial charge in [0.05, 0.1) is 22.8 Å². The Bertz CT molecular complexity index is 1460. The Morgan fingerprint density at radius 1 is 1.15 bits per heavy atom. The summed E-state index contributed by atoms with van der Waals surface area (Å²) in [6, 6.07) is 7.90. The molecular formula is C29H33ClFN7O3. The minimum Gasteiger partial charge on any atom is -0.491 e. The fourth-order valence-corrected chi connectivity index (χ4v) is 4.67. The number of aromatic nitrogens is 2. The lowest BCUT2D eigenvalue weighted by molar-refractivity contribution is -0.111. The van der Waals surface area contributed by atoms with Gasteiger partial charge in [-0.15, -0.1) is 0 Å². The molecule has 2 heterocycles. The molecule has 2 aromatic carbocycles. The highest BCUT2D eigenvalue weighted by molar-refractivity contribution is 6.31. The van der Waals surface area contributed by atoms with Crippen LogP contribution in [0.3, 0.4) is 0 Å². The van der Waals surface area contributed by atoms with Gasteiger partial charge in [-0.05, 0) is 43.0 Å². The van der Waals surface area contributed by atoms with E-state index < -0.39 is 5.82 Å². The fourth-order valence-electron chi connectivity index (χ4n) is 4.49. The summed E-state index contributed by atoms with van der Waals surface area (Å²) in [5, 5.41) is 6.75. The highest BCUT2D eigenvalue weighted by Crippen LogP contribution is 2.36. The van der Waals surface area contributed by atoms with Crippen LogP contribution in [0.1, 0.15) is 12.8 Å². The third kappa shape index (κ3) is 7.42. The molecule has 0 atom stereocenters. The molecule has 0 spiro atoms. The van der Waals surface area contributed by atoms with Crippen LogP contribution in [0.5, 0.6) is 5.75 Å². The predicted octanol–water partition coefficient (Wildman–Crippen LogP) is 4.75. The number of nitrogens with zero attached hydrogens (tertiary/aromatic N) is 5. The number of nitrogens with one attached hydrogen (secondary N) is 2. The van der Waals surface area contributed by atoms with Crippen molar-refractivity contribution in [3.8, 4) is 5.75 Å². The molecule has 41 heavy (non-hydrogen) atoms. The van der Waals surface area contributed by atoms with Gasteiger partial charge in [0.25, 0.3) is 0 Å². The van der Waals surface area contributed by atoms with Crippen LogP contribution in [0.2, 0.25) is 5.02 Å². The maximum atomic E-state index is 13.6. The molecule has 2 fully saturated rings. The summed E-state index contributed by atoms with van der Waals surface area (Å²) in [6.07, 6.45) is 7.02. The number of urea groups is 1. The van der Waals surface area contributed by atoms with Crippen LogP contribution in [0.4, 0.5) is 26.4 Å². The summed E-state index contributed by atoms with van der Waals surface area (Å²) in [6.45, 7) is 3.95. The summed E-state index contributed by atoms with van der Waals surface area (Å²) in [5.74, 6) is 0.723. The van der Waals surface area contributed by atoms with Crippen molar-refractivity contribution < 1.29 is 18.7 Å². The lowest BCUT2D eigenvalue weighted by Crippen LogP contribution is -2.51. The number of amides is 3. The maximum absolute atomic E-state index is 13.6. The van der Waals surface area contributed by atoms with Crippen LogP contribution >= 0.6 is 11.6 Å². The lowest BCUT2D eigenvalue weighted by Gasteiger charge is -2.35. The maximum Gasteiger partial charge on any atom is 0.319 e. The Hall–Kier alpha value is -3.96. The van der Waals surface area contributed by atoms with Crippen molar-refractivity contribution in [1.29, 1.82) is 0 Å². The number of piperazine rings is 1. The largest absolute Gasteiger partial charge is 0.491 e. The van der Waals surface area contributed by atoms with Crippen molar-refractivity contribution in [2.75, 3.05) is 64.1 Å². The Morgan fingerprint density at radius 3 is 2.63 bits per heavy atom. The van der Waals surface area contributed by atoms with Crippen LogP contribution < -0.4 is 15.4 Å². The minimum absolute atomic E-state index is 0.00667. The summed E-state index contributed by atoms with van der Waals surface area (Å²) in [7, 11) is 3.50. The van der Waals surface area contributed by atoms with E-state index in [0.717, 1.165) is 25.9 Å². The van der Waals surface area contributed by atoms with Gasteiger partial charge in [-0.2, -0.15) is 0 Å². The zero-order valence-electron chi connectivity index (χ0n) is 23.1. The highest BCUT2D eigenvalue weighted by Gasteiger charge is 2.24. The molecule has 3 amide bonds. The number of ether oxygens (including phenoxy) is 1. The first-order chi connectivity index (χ1) is 19.8. The monoisotopic (exact) mass is 581 g/mol. The van der Waals surface area contributed by atoms with Gasteiger partial charge in [0.15, 0.2) is 0 Å². The summed E-state index contributed by atoms with van der Waals surface area (Å²) in [4.78, 5) is 39.4. The first kappa shape index (κ1) is 28.6. The SMILES string of the molecule is CN(C)C(=O)N1CCN(CC=CC(=O)Nc2cc3c(Nc4ccc(F)c(Cl)c4)ncnc3cc2OCC2CC2)CC1. The number of benzene rings is 2. The molecular weight excluding hydrogens is 549 g/mol. The standard InChI is InChI=1S/C29H33ClFN7O3/c1-36(2)29(40)38-12-10-37(11-13-38)9-3-4-27(39)35-25-15-21-24(16-26(25)41-17-19-5-6-19)32-18-33-28(21)34-20-7-8-23(31)22(30)14-20/h3-4,7-8,14-16,18-19H,5-6,9-13,17H2,1-2H3,(H,35,39)(H,32,33,34). The second kappa shape index (κ2) is 12.7. The molecule has 10 nitrogen and oxygen atoms in total. The topological polar surface area (TPSA) is 103 Å². The lowest BCUT2D eigenvalue weighted by atomic mass is 10.1. The number of hydrogen-bond donors (Lipinski definition) is 2. The molecule has 1 aliphatic carbocycles. The molecule has 2 N–H and O–H groups in total. The molecule has 12 heteroatoms. The molecule has 0 radical (unpaired) electrons. The van der Waals surface area contributed by atoms with Crippen molar-refractivity contribution in [2.24, 2.45) is 5.92 Å². The van der Waals surface area contributed by atoms with Gasteiger partial charge in [-0.25, -0.2) is 19.2 Å². The molecule has 0 unspecified atom stereocenters. The van der Waals surface area contributed by atoms with Crippen molar-refractivity contribution >= 4 is 51.6 Å². The summed E-state index contributed by atoms with van der Waals surface area (Å²) < 4.78 is 19.7. The van der Waals surface area contributed by atoms with Gasteiger partial charge in [-0.3, -0.25) is 9.69 Å². The molecule has 2 aliphatic rings. The second-order valence-corrected chi connectivity index (χ2v) is 10.9. The van der Waals surface area contributed by atoms with Gasteiger partial charge in [0.2, 0.25) is 5.91 Å². The van der Waals surface area contributed by atoms with E-state index in [1.807, 2.05) is 11.0 Å². The first-order valence-corrected chi connectivity index (χ1v) is 13.9. The molecule has 1 saturated heterocycles. The van der Waals surface area contributed by atoms with E-state index in [0.29, 0.717) is 66.0 Å². The quantitative estimate of drug-likeness (QED) is 0.352. The first-order valence-electron chi connectivity index (χ1n) is 13.6. The molecule has 5 rings (SSSR count). The zero-order chi connectivity index (χ0) is 28.9. The smallest absolute Gasteiger partial charge is 0.319 e. The van der Waals surface area contributed by atoms with Crippen molar-refractivity contribution in [2.45, 2.75) is 12.8 Å². The van der Waals surface area contributed by atoms with Gasteiger partial charge in [-0.1, -0.05) is 17.7 Å². The molecule has 216 valence electrons. The van der Waals surface area contributed by atoms with E-state index >= 15 is 0 Å². The van der Waals surface area contributed by atoms with Crippen molar-refractivity contribution in [3.63, 3.8) is 0 Å². The van der Waals surface area contributed by atoms with Gasteiger partial charge < -0.3 is 25.2 Å². The molecule has 3 aromatic rings. The van der Waals surface area contributed by atoms with E-state index in [1.54, 1.807) is 37.2 Å². The van der Waals surface area contributed by atoms with E-state index in [4.69, 9.17) is 16.3 Å². The highest BCUT2D eigenvalue weighted by atomic mass is 35.5. The molecule has 1 saturated carbocycles. The van der Waals surface area contributed by atoms with Crippen LogP contribution in [0.25, 0.3) is 10.9 Å². The van der Waals surface area contributed by atoms with Crippen LogP contribution in [-0.4, -0.2) is 90.0 Å². The average Bonchev–Trinajstić information content (AvgIpc) is 3.79. The van der Waals surface area contributed by atoms with Gasteiger partial charge in [0.1, 0.15) is 23.7 Å². The van der Waals surface area contributed by atoms with Crippen molar-refractivity contribution in [1.82, 2.24) is 24.7 Å². The molecule has 1 aromatic heterocycles. The van der Waals surface area contributed by atoms with E-state index in [-0.39, 0.29) is 17.0 Å². The number of carbonyl (C=O) groups is 2. The number of hydrogen-bond acceptors (Lipinski definition) is 7. The van der Waals surface area contributed by atoms with E-state index in [9.17, 15) is 14.0 Å². The Balaban J connectivity index is 1.29. The number of anilines is 3. The minimum atomic E-state index is -0.512. The number of rotatable bonds is 9. The summed E-state index contributed by atoms with van der Waals surface area (Å²) in [5.41, 5.74) is 1.69. The molecule has 0 bridgehead atoms. The van der Waals surface area contributed by atoms with E-state index in [1.165, 1.54) is 24.5 Å². The second-order valence-electron chi connectivity index (χ2n) is 10.5. The summed E-state index contributed by atoms with van der Waals surface area (Å²) >= 11 is 5.95. The average molecular weight is 582 g/mol. The predicted molar refractivity (Wildman–Crippen MR) is 157 cm³/mol. The van der Waals surface area contributed by atoms with Crippen LogP contribution in [0, 0.1) is 11.7 Å². The Kier molecular flexibility index (Phi) is 8.84. The van der Waals surface area contributed by atoms with E-state index in [2.05, 4.69) is 25.5 Å². The fraction of sp³-hybridized carbons (Fsp3) is 0.379. The zero-order valence-corrected chi connectivity index (χ0v) is 23.8. The third-order valence-electron chi connectivity index (χ3n) is 7.01.